The zero-order chi connectivity index (χ0) is 50.0. The average molecular weight is 970 g/mol. The van der Waals surface area contributed by atoms with Crippen LogP contribution in [0.2, 0.25) is 0 Å². The monoisotopic (exact) mass is 970 g/mol. The maximum atomic E-state index is 2.78. The van der Waals surface area contributed by atoms with Gasteiger partial charge in [-0.15, -0.1) is 0 Å². The van der Waals surface area contributed by atoms with Crippen molar-refractivity contribution >= 4 is 79.0 Å². The third kappa shape index (κ3) is 7.73. The number of hydrogen-bond donors (Lipinski definition) is 0. The van der Waals surface area contributed by atoms with Gasteiger partial charge >= 0.3 is 0 Å². The van der Waals surface area contributed by atoms with E-state index in [0.717, 1.165) is 25.7 Å². The smallest absolute Gasteiger partial charge is 0.252 e. The van der Waals surface area contributed by atoms with E-state index in [1.165, 1.54) is 192 Å². The van der Waals surface area contributed by atoms with Crippen LogP contribution >= 0.6 is 0 Å². The lowest BCUT2D eigenvalue weighted by atomic mass is 9.33. The van der Waals surface area contributed by atoms with Gasteiger partial charge in [0, 0.05) is 44.9 Å². The maximum Gasteiger partial charge on any atom is 0.252 e. The lowest BCUT2D eigenvalue weighted by molar-refractivity contribution is 0.590. The van der Waals surface area contributed by atoms with Gasteiger partial charge in [-0.3, -0.25) is 0 Å². The Hall–Kier alpha value is -6.00. The SMILES string of the molecule is CC(C)(C)c1ccc2c(c1)c1cc(C(C)(C)C)ccc1n2-c1cc2c3c(c1)N(c1ccc4c(c1)CCCCC4)c1cc4c(cc1B3c1cc3c(cc1N2c1ccc2c(c1)CCCCC2)CCCCC3)CCCCC4. The molecule has 74 heavy (non-hydrogen) atoms. The summed E-state index contributed by atoms with van der Waals surface area (Å²) in [4.78, 5) is 5.55. The third-order valence-electron chi connectivity index (χ3n) is 18.9. The number of rotatable bonds is 3. The minimum absolute atomic E-state index is 0.0231. The number of fused-ring (bicyclic) bond motifs is 11. The Morgan fingerprint density at radius 3 is 1.08 bits per heavy atom. The predicted molar refractivity (Wildman–Crippen MR) is 317 cm³/mol. The van der Waals surface area contributed by atoms with E-state index >= 15 is 0 Å². The summed E-state index contributed by atoms with van der Waals surface area (Å²) >= 11 is 0. The van der Waals surface area contributed by atoms with Crippen molar-refractivity contribution in [1.82, 2.24) is 4.57 Å². The highest BCUT2D eigenvalue weighted by Crippen LogP contribution is 2.49. The molecule has 0 fully saturated rings. The summed E-state index contributed by atoms with van der Waals surface area (Å²) in [5.41, 5.74) is 31.7. The molecule has 14 rings (SSSR count). The molecule has 0 spiro atoms. The first kappa shape index (κ1) is 46.5. The first-order chi connectivity index (χ1) is 35.9. The Morgan fingerprint density at radius 2 is 0.689 bits per heavy atom. The van der Waals surface area contributed by atoms with Crippen molar-refractivity contribution in [1.29, 1.82) is 0 Å². The van der Waals surface area contributed by atoms with Crippen LogP contribution in [0.25, 0.3) is 27.5 Å². The quantitative estimate of drug-likeness (QED) is 0.129. The largest absolute Gasteiger partial charge is 0.311 e. The summed E-state index contributed by atoms with van der Waals surface area (Å²) in [6.07, 6.45) is 24.8. The fourth-order valence-electron chi connectivity index (χ4n) is 14.8. The number of aryl methyl sites for hydroxylation is 8. The molecule has 374 valence electrons. The van der Waals surface area contributed by atoms with Crippen molar-refractivity contribution in [3.8, 4) is 5.69 Å². The van der Waals surface area contributed by atoms with Crippen molar-refractivity contribution in [2.45, 2.75) is 181 Å². The molecule has 3 heterocycles. The number of nitrogens with zero attached hydrogens (tertiary/aromatic N) is 3. The minimum Gasteiger partial charge on any atom is -0.311 e. The van der Waals surface area contributed by atoms with E-state index in [9.17, 15) is 0 Å². The molecule has 3 nitrogen and oxygen atoms in total. The molecule has 0 saturated heterocycles. The first-order valence-electron chi connectivity index (χ1n) is 29.4. The van der Waals surface area contributed by atoms with Crippen LogP contribution in [0.3, 0.4) is 0 Å². The van der Waals surface area contributed by atoms with Crippen molar-refractivity contribution in [2.75, 3.05) is 9.80 Å². The fourth-order valence-corrected chi connectivity index (χ4v) is 14.8. The molecule has 4 aliphatic carbocycles. The highest BCUT2D eigenvalue weighted by Gasteiger charge is 2.45. The second-order valence-electron chi connectivity index (χ2n) is 25.8. The van der Waals surface area contributed by atoms with Gasteiger partial charge in [0.1, 0.15) is 0 Å². The van der Waals surface area contributed by atoms with Crippen LogP contribution in [0.15, 0.2) is 109 Å². The molecule has 0 saturated carbocycles. The van der Waals surface area contributed by atoms with Crippen molar-refractivity contribution in [3.05, 3.63) is 165 Å². The van der Waals surface area contributed by atoms with Crippen molar-refractivity contribution < 1.29 is 0 Å². The van der Waals surface area contributed by atoms with Crippen molar-refractivity contribution in [2.24, 2.45) is 0 Å². The van der Waals surface area contributed by atoms with Crippen LogP contribution in [0.4, 0.5) is 34.1 Å². The third-order valence-corrected chi connectivity index (χ3v) is 18.9. The molecule has 0 radical (unpaired) electrons. The van der Waals surface area contributed by atoms with Crippen LogP contribution in [0.5, 0.6) is 0 Å². The average Bonchev–Trinajstić information content (AvgIpc) is 3.86. The van der Waals surface area contributed by atoms with E-state index in [4.69, 9.17) is 0 Å². The van der Waals surface area contributed by atoms with Gasteiger partial charge in [-0.2, -0.15) is 0 Å². The lowest BCUT2D eigenvalue weighted by Gasteiger charge is -2.45. The van der Waals surface area contributed by atoms with Gasteiger partial charge in [0.25, 0.3) is 6.71 Å². The molecule has 0 N–H and O–H groups in total. The molecule has 1 aromatic heterocycles. The molecule has 6 aliphatic rings. The second kappa shape index (κ2) is 17.8. The van der Waals surface area contributed by atoms with E-state index in [1.54, 1.807) is 44.5 Å². The predicted octanol–water partition coefficient (Wildman–Crippen LogP) is 16.5. The van der Waals surface area contributed by atoms with Crippen LogP contribution in [-0.4, -0.2) is 11.3 Å². The Morgan fingerprint density at radius 1 is 0.324 bits per heavy atom. The topological polar surface area (TPSA) is 11.4 Å². The Labute approximate surface area is 442 Å². The molecule has 7 aromatic carbocycles. The summed E-state index contributed by atoms with van der Waals surface area (Å²) in [7, 11) is 0. The van der Waals surface area contributed by atoms with Gasteiger partial charge in [-0.05, 0) is 258 Å². The van der Waals surface area contributed by atoms with E-state index in [2.05, 4.69) is 165 Å². The normalized spacial score (nSPS) is 17.5. The van der Waals surface area contributed by atoms with Gasteiger partial charge < -0.3 is 14.4 Å². The van der Waals surface area contributed by atoms with Gasteiger partial charge in [0.2, 0.25) is 0 Å². The summed E-state index contributed by atoms with van der Waals surface area (Å²) in [5, 5.41) is 2.68. The molecule has 0 unspecified atom stereocenters. The number of hydrogen-bond acceptors (Lipinski definition) is 2. The number of aromatic nitrogens is 1. The lowest BCUT2D eigenvalue weighted by Crippen LogP contribution is -2.61. The summed E-state index contributed by atoms with van der Waals surface area (Å²) in [6.45, 7) is 14.3. The van der Waals surface area contributed by atoms with E-state index in [1.807, 2.05) is 0 Å². The van der Waals surface area contributed by atoms with E-state index < -0.39 is 0 Å². The van der Waals surface area contributed by atoms with Crippen LogP contribution in [-0.2, 0) is 62.2 Å². The standard InChI is InChI=1S/C70H76BN3/c1-69(2,3)53-29-33-62-58(41-53)59-42-54(70(4,5)6)30-34-63(59)74(62)57-43-66-68-67(44-57)73(56-32-28-46-20-12-8-14-22-48(46)36-56)65-40-52-26-18-10-16-24-50(52)38-61(65)71(68)60-37-49-23-15-9-17-25-51(49)39-64(60)72(66)55-31-27-45-19-11-7-13-21-47(45)35-55/h27-44H,7-26H2,1-6H3. The first-order valence-corrected chi connectivity index (χ1v) is 29.4. The molecular formula is C70H76BN3. The Bertz CT molecular complexity index is 3350. The molecule has 4 heteroatoms. The summed E-state index contributed by atoms with van der Waals surface area (Å²) in [6, 6.07) is 46.2. The summed E-state index contributed by atoms with van der Waals surface area (Å²) < 4.78 is 2.65. The highest BCUT2D eigenvalue weighted by molar-refractivity contribution is 7.00. The van der Waals surface area contributed by atoms with Gasteiger partial charge in [0.05, 0.1) is 16.7 Å². The van der Waals surface area contributed by atoms with Gasteiger partial charge in [-0.1, -0.05) is 104 Å². The molecule has 0 amide bonds. The highest BCUT2D eigenvalue weighted by atomic mass is 15.2. The molecular weight excluding hydrogens is 894 g/mol. The van der Waals surface area contributed by atoms with E-state index in [0.29, 0.717) is 0 Å². The number of benzene rings is 7. The second-order valence-corrected chi connectivity index (χ2v) is 25.8. The maximum absolute atomic E-state index is 2.78. The molecule has 0 bridgehead atoms. The molecule has 0 atom stereocenters. The van der Waals surface area contributed by atoms with Crippen LogP contribution < -0.4 is 26.2 Å². The van der Waals surface area contributed by atoms with Gasteiger partial charge in [-0.25, -0.2) is 0 Å². The minimum atomic E-state index is 0.0231. The van der Waals surface area contributed by atoms with Gasteiger partial charge in [0.15, 0.2) is 0 Å². The number of anilines is 6. The molecule has 8 aromatic rings. The molecule has 2 aliphatic heterocycles. The fraction of sp³-hybridized carbons (Fsp3) is 0.400. The van der Waals surface area contributed by atoms with Crippen LogP contribution in [0.1, 0.15) is 174 Å². The van der Waals surface area contributed by atoms with E-state index in [-0.39, 0.29) is 17.5 Å². The zero-order valence-corrected chi connectivity index (χ0v) is 45.5. The zero-order valence-electron chi connectivity index (χ0n) is 45.5. The van der Waals surface area contributed by atoms with Crippen LogP contribution in [0, 0.1) is 0 Å². The van der Waals surface area contributed by atoms with Crippen molar-refractivity contribution in [3.63, 3.8) is 0 Å². The summed E-state index contributed by atoms with van der Waals surface area (Å²) in [5.74, 6) is 0. The Kier molecular flexibility index (Phi) is 11.2. The Balaban J connectivity index is 1.12.